The SMILES string of the molecule is COc1cccc(NC(=O)CCC2CCN(C(=O)[C@H]3CCCO3)CC2)c1. The molecule has 2 aliphatic heterocycles. The molecule has 0 aromatic heterocycles. The lowest BCUT2D eigenvalue weighted by Crippen LogP contribution is -2.43. The fourth-order valence-corrected chi connectivity index (χ4v) is 3.68. The quantitative estimate of drug-likeness (QED) is 0.847. The summed E-state index contributed by atoms with van der Waals surface area (Å²) >= 11 is 0. The summed E-state index contributed by atoms with van der Waals surface area (Å²) in [5.74, 6) is 1.40. The molecule has 142 valence electrons. The number of carbonyl (C=O) groups excluding carboxylic acids is 2. The van der Waals surface area contributed by atoms with E-state index in [1.165, 1.54) is 0 Å². The smallest absolute Gasteiger partial charge is 0.251 e. The number of piperidine rings is 1. The van der Waals surface area contributed by atoms with Crippen LogP contribution in [0, 0.1) is 5.92 Å². The average Bonchev–Trinajstić information content (AvgIpc) is 3.21. The molecule has 1 aromatic carbocycles. The number of rotatable bonds is 6. The summed E-state index contributed by atoms with van der Waals surface area (Å²) in [7, 11) is 1.61. The molecule has 1 atom stereocenters. The number of amides is 2. The van der Waals surface area contributed by atoms with Crippen molar-refractivity contribution in [2.75, 3.05) is 32.1 Å². The summed E-state index contributed by atoms with van der Waals surface area (Å²) < 4.78 is 10.7. The van der Waals surface area contributed by atoms with E-state index in [0.717, 1.165) is 56.6 Å². The minimum absolute atomic E-state index is 0.0242. The zero-order valence-corrected chi connectivity index (χ0v) is 15.4. The van der Waals surface area contributed by atoms with Crippen LogP contribution in [0.2, 0.25) is 0 Å². The number of anilines is 1. The van der Waals surface area contributed by atoms with Crippen LogP contribution in [0.1, 0.15) is 38.5 Å². The first-order valence-corrected chi connectivity index (χ1v) is 9.50. The van der Waals surface area contributed by atoms with Gasteiger partial charge in [0.15, 0.2) is 0 Å². The number of nitrogens with zero attached hydrogens (tertiary/aromatic N) is 1. The second-order valence-electron chi connectivity index (χ2n) is 7.09. The molecule has 26 heavy (non-hydrogen) atoms. The molecule has 0 bridgehead atoms. The first-order valence-electron chi connectivity index (χ1n) is 9.50. The number of hydrogen-bond donors (Lipinski definition) is 1. The van der Waals surface area contributed by atoms with Gasteiger partial charge < -0.3 is 19.7 Å². The standard InChI is InChI=1S/C20H28N2O4/c1-25-17-5-2-4-16(14-17)21-19(23)8-7-15-9-11-22(12-10-15)20(24)18-6-3-13-26-18/h2,4-5,14-15,18H,3,6-13H2,1H3,(H,21,23)/t18-/m1/s1. The van der Waals surface area contributed by atoms with E-state index in [1.807, 2.05) is 29.2 Å². The second kappa shape index (κ2) is 9.03. The van der Waals surface area contributed by atoms with Gasteiger partial charge in [-0.25, -0.2) is 0 Å². The molecule has 2 amide bonds. The van der Waals surface area contributed by atoms with Crippen molar-refractivity contribution in [3.05, 3.63) is 24.3 Å². The number of benzene rings is 1. The van der Waals surface area contributed by atoms with E-state index >= 15 is 0 Å². The highest BCUT2D eigenvalue weighted by atomic mass is 16.5. The number of carbonyl (C=O) groups is 2. The highest BCUT2D eigenvalue weighted by Crippen LogP contribution is 2.25. The van der Waals surface area contributed by atoms with Crippen LogP contribution in [-0.2, 0) is 14.3 Å². The molecule has 0 saturated carbocycles. The van der Waals surface area contributed by atoms with Gasteiger partial charge in [0, 0.05) is 37.9 Å². The van der Waals surface area contributed by atoms with Gasteiger partial charge in [-0.1, -0.05) is 6.07 Å². The minimum Gasteiger partial charge on any atom is -0.497 e. The highest BCUT2D eigenvalue weighted by molar-refractivity contribution is 5.90. The van der Waals surface area contributed by atoms with Gasteiger partial charge in [-0.05, 0) is 50.2 Å². The lowest BCUT2D eigenvalue weighted by molar-refractivity contribution is -0.142. The molecule has 2 fully saturated rings. The largest absolute Gasteiger partial charge is 0.497 e. The Morgan fingerprint density at radius 3 is 2.77 bits per heavy atom. The van der Waals surface area contributed by atoms with Gasteiger partial charge in [-0.2, -0.15) is 0 Å². The molecule has 1 aromatic rings. The lowest BCUT2D eigenvalue weighted by atomic mass is 9.91. The first kappa shape index (κ1) is 18.7. The van der Waals surface area contributed by atoms with Crippen molar-refractivity contribution in [3.63, 3.8) is 0 Å². The van der Waals surface area contributed by atoms with Crippen LogP contribution in [-0.4, -0.2) is 49.6 Å². The topological polar surface area (TPSA) is 67.9 Å². The van der Waals surface area contributed by atoms with Crippen molar-refractivity contribution in [1.29, 1.82) is 0 Å². The van der Waals surface area contributed by atoms with Crippen molar-refractivity contribution in [2.45, 2.75) is 44.6 Å². The van der Waals surface area contributed by atoms with E-state index in [-0.39, 0.29) is 17.9 Å². The maximum atomic E-state index is 12.4. The molecule has 0 unspecified atom stereocenters. The molecular weight excluding hydrogens is 332 g/mol. The number of nitrogens with one attached hydrogen (secondary N) is 1. The van der Waals surface area contributed by atoms with Gasteiger partial charge in [0.05, 0.1) is 7.11 Å². The zero-order chi connectivity index (χ0) is 18.4. The fourth-order valence-electron chi connectivity index (χ4n) is 3.68. The molecule has 2 saturated heterocycles. The normalized spacial score (nSPS) is 20.8. The van der Waals surface area contributed by atoms with Crippen LogP contribution in [0.25, 0.3) is 0 Å². The molecule has 2 heterocycles. The third-order valence-electron chi connectivity index (χ3n) is 5.26. The number of likely N-dealkylation sites (tertiary alicyclic amines) is 1. The predicted molar refractivity (Wildman–Crippen MR) is 99.1 cm³/mol. The van der Waals surface area contributed by atoms with Crippen LogP contribution in [0.4, 0.5) is 5.69 Å². The van der Waals surface area contributed by atoms with Gasteiger partial charge in [-0.3, -0.25) is 9.59 Å². The van der Waals surface area contributed by atoms with Crippen LogP contribution in [0.5, 0.6) is 5.75 Å². The van der Waals surface area contributed by atoms with Crippen LogP contribution >= 0.6 is 0 Å². The van der Waals surface area contributed by atoms with Crippen LogP contribution in [0.3, 0.4) is 0 Å². The molecule has 6 nitrogen and oxygen atoms in total. The Kier molecular flexibility index (Phi) is 6.50. The molecule has 6 heteroatoms. The van der Waals surface area contributed by atoms with Gasteiger partial charge >= 0.3 is 0 Å². The highest BCUT2D eigenvalue weighted by Gasteiger charge is 2.30. The molecule has 0 aliphatic carbocycles. The van der Waals surface area contributed by atoms with E-state index in [2.05, 4.69) is 5.32 Å². The van der Waals surface area contributed by atoms with Crippen molar-refractivity contribution in [3.8, 4) is 5.75 Å². The van der Waals surface area contributed by atoms with Crippen LogP contribution in [0.15, 0.2) is 24.3 Å². The Labute approximate surface area is 154 Å². The van der Waals surface area contributed by atoms with Gasteiger partial charge in [-0.15, -0.1) is 0 Å². The molecule has 3 rings (SSSR count). The number of hydrogen-bond acceptors (Lipinski definition) is 4. The Balaban J connectivity index is 1.37. The van der Waals surface area contributed by atoms with Crippen molar-refractivity contribution in [2.24, 2.45) is 5.92 Å². The Bertz CT molecular complexity index is 620. The van der Waals surface area contributed by atoms with Gasteiger partial charge in [0.2, 0.25) is 5.91 Å². The van der Waals surface area contributed by atoms with Crippen molar-refractivity contribution >= 4 is 17.5 Å². The average molecular weight is 360 g/mol. The molecular formula is C20H28N2O4. The van der Waals surface area contributed by atoms with E-state index in [4.69, 9.17) is 9.47 Å². The maximum absolute atomic E-state index is 12.4. The van der Waals surface area contributed by atoms with Gasteiger partial charge in [0.1, 0.15) is 11.9 Å². The van der Waals surface area contributed by atoms with E-state index in [0.29, 0.717) is 18.9 Å². The van der Waals surface area contributed by atoms with E-state index in [9.17, 15) is 9.59 Å². The van der Waals surface area contributed by atoms with Crippen molar-refractivity contribution in [1.82, 2.24) is 4.90 Å². The molecule has 1 N–H and O–H groups in total. The number of ether oxygens (including phenoxy) is 2. The molecule has 0 radical (unpaired) electrons. The van der Waals surface area contributed by atoms with E-state index in [1.54, 1.807) is 7.11 Å². The zero-order valence-electron chi connectivity index (χ0n) is 15.4. The monoisotopic (exact) mass is 360 g/mol. The van der Waals surface area contributed by atoms with Crippen LogP contribution < -0.4 is 10.1 Å². The summed E-state index contributed by atoms with van der Waals surface area (Å²) in [5, 5.41) is 2.92. The Morgan fingerprint density at radius 1 is 1.27 bits per heavy atom. The third-order valence-corrected chi connectivity index (χ3v) is 5.26. The summed E-state index contributed by atoms with van der Waals surface area (Å²) in [5.41, 5.74) is 0.756. The summed E-state index contributed by atoms with van der Waals surface area (Å²) in [4.78, 5) is 26.5. The van der Waals surface area contributed by atoms with E-state index < -0.39 is 0 Å². The van der Waals surface area contributed by atoms with Crippen molar-refractivity contribution < 1.29 is 19.1 Å². The Hall–Kier alpha value is -2.08. The molecule has 0 spiro atoms. The summed E-state index contributed by atoms with van der Waals surface area (Å²) in [6.07, 6.45) is 4.90. The third kappa shape index (κ3) is 4.97. The fraction of sp³-hybridized carbons (Fsp3) is 0.600. The number of methoxy groups -OCH3 is 1. The summed E-state index contributed by atoms with van der Waals surface area (Å²) in [6, 6.07) is 7.37. The molecule has 2 aliphatic rings. The summed E-state index contributed by atoms with van der Waals surface area (Å²) in [6.45, 7) is 2.26. The predicted octanol–water partition coefficient (Wildman–Crippen LogP) is 2.83. The lowest BCUT2D eigenvalue weighted by Gasteiger charge is -2.33. The first-order chi connectivity index (χ1) is 12.7. The second-order valence-corrected chi connectivity index (χ2v) is 7.09. The minimum atomic E-state index is -0.222. The van der Waals surface area contributed by atoms with Gasteiger partial charge in [0.25, 0.3) is 5.91 Å². The maximum Gasteiger partial charge on any atom is 0.251 e. The Morgan fingerprint density at radius 2 is 2.08 bits per heavy atom.